The van der Waals surface area contributed by atoms with Crippen LogP contribution in [-0.2, 0) is 19.1 Å². The highest BCUT2D eigenvalue weighted by Crippen LogP contribution is 2.22. The van der Waals surface area contributed by atoms with Crippen LogP contribution < -0.4 is 0 Å². The summed E-state index contributed by atoms with van der Waals surface area (Å²) in [4.78, 5) is 25.6. The van der Waals surface area contributed by atoms with Gasteiger partial charge in [-0.15, -0.1) is 0 Å². The summed E-state index contributed by atoms with van der Waals surface area (Å²) < 4.78 is 12.1. The number of carbonyl (C=O) groups is 2. The summed E-state index contributed by atoms with van der Waals surface area (Å²) in [5.41, 5.74) is 0. The molecular weight excluding hydrogens is 496 g/mol. The standard InChI is InChI=1S/C36H70O4/c1-5-9-13-15-17-19-21-23-27-31-35(37)39-33(29-25-11-7-3)34(30-26-12-8-4)40-36(38)32-28-24-22-20-18-16-14-10-6-2/h33-34H,5-32H2,1-4H3. The van der Waals surface area contributed by atoms with Crippen molar-refractivity contribution >= 4 is 11.9 Å². The second-order valence-corrected chi connectivity index (χ2v) is 12.2. The molecule has 238 valence electrons. The Morgan fingerprint density at radius 1 is 0.375 bits per heavy atom. The predicted molar refractivity (Wildman–Crippen MR) is 172 cm³/mol. The first-order chi connectivity index (χ1) is 19.6. The van der Waals surface area contributed by atoms with E-state index in [0.29, 0.717) is 12.8 Å². The lowest BCUT2D eigenvalue weighted by Gasteiger charge is -2.27. The molecule has 40 heavy (non-hydrogen) atoms. The van der Waals surface area contributed by atoms with Gasteiger partial charge in [0.15, 0.2) is 0 Å². The van der Waals surface area contributed by atoms with Crippen LogP contribution >= 0.6 is 0 Å². The number of rotatable bonds is 31. The van der Waals surface area contributed by atoms with E-state index in [4.69, 9.17) is 9.47 Å². The molecule has 0 saturated heterocycles. The van der Waals surface area contributed by atoms with Crippen LogP contribution in [0.3, 0.4) is 0 Å². The van der Waals surface area contributed by atoms with Gasteiger partial charge in [-0.25, -0.2) is 0 Å². The molecule has 2 atom stereocenters. The maximum Gasteiger partial charge on any atom is 0.306 e. The van der Waals surface area contributed by atoms with E-state index in [9.17, 15) is 9.59 Å². The first kappa shape index (κ1) is 38.9. The third-order valence-corrected chi connectivity index (χ3v) is 8.13. The van der Waals surface area contributed by atoms with Crippen molar-refractivity contribution in [2.45, 2.75) is 220 Å². The minimum Gasteiger partial charge on any atom is -0.458 e. The lowest BCUT2D eigenvalue weighted by atomic mass is 10.00. The summed E-state index contributed by atoms with van der Waals surface area (Å²) in [6, 6.07) is 0. The highest BCUT2D eigenvalue weighted by molar-refractivity contribution is 5.70. The fourth-order valence-corrected chi connectivity index (χ4v) is 5.45. The van der Waals surface area contributed by atoms with E-state index in [2.05, 4.69) is 27.7 Å². The fraction of sp³-hybridized carbons (Fsp3) is 0.944. The van der Waals surface area contributed by atoms with Crippen molar-refractivity contribution in [3.63, 3.8) is 0 Å². The normalized spacial score (nSPS) is 12.8. The molecule has 0 bridgehead atoms. The van der Waals surface area contributed by atoms with Crippen LogP contribution in [0, 0.1) is 0 Å². The Labute approximate surface area is 250 Å². The summed E-state index contributed by atoms with van der Waals surface area (Å²) in [7, 11) is 0. The Bertz CT molecular complexity index is 499. The zero-order valence-corrected chi connectivity index (χ0v) is 27.6. The molecule has 0 aromatic heterocycles. The van der Waals surface area contributed by atoms with Gasteiger partial charge in [-0.3, -0.25) is 9.59 Å². The van der Waals surface area contributed by atoms with Crippen molar-refractivity contribution in [2.24, 2.45) is 0 Å². The van der Waals surface area contributed by atoms with Crippen LogP contribution in [0.25, 0.3) is 0 Å². The first-order valence-corrected chi connectivity index (χ1v) is 18.0. The minimum absolute atomic E-state index is 0.111. The largest absolute Gasteiger partial charge is 0.458 e. The molecule has 0 heterocycles. The van der Waals surface area contributed by atoms with Gasteiger partial charge in [0.05, 0.1) is 0 Å². The minimum atomic E-state index is -0.304. The van der Waals surface area contributed by atoms with Gasteiger partial charge < -0.3 is 9.47 Å². The summed E-state index contributed by atoms with van der Waals surface area (Å²) in [6.45, 7) is 8.89. The van der Waals surface area contributed by atoms with Crippen LogP contribution in [0.1, 0.15) is 207 Å². The molecule has 0 aliphatic carbocycles. The lowest BCUT2D eigenvalue weighted by molar-refractivity contribution is -0.169. The molecule has 0 saturated carbocycles. The molecule has 0 aliphatic heterocycles. The average molecular weight is 567 g/mol. The van der Waals surface area contributed by atoms with E-state index in [1.807, 2.05) is 0 Å². The molecule has 0 amide bonds. The summed E-state index contributed by atoms with van der Waals surface area (Å²) in [5.74, 6) is -0.222. The number of carbonyl (C=O) groups excluding carboxylic acids is 2. The van der Waals surface area contributed by atoms with E-state index in [1.165, 1.54) is 89.9 Å². The van der Waals surface area contributed by atoms with Gasteiger partial charge in [0.2, 0.25) is 0 Å². The maximum absolute atomic E-state index is 12.8. The van der Waals surface area contributed by atoms with Gasteiger partial charge in [0.1, 0.15) is 12.2 Å². The Morgan fingerprint density at radius 3 is 0.925 bits per heavy atom. The van der Waals surface area contributed by atoms with Crippen LogP contribution in [0.5, 0.6) is 0 Å². The van der Waals surface area contributed by atoms with Gasteiger partial charge in [-0.2, -0.15) is 0 Å². The number of ether oxygens (including phenoxy) is 2. The smallest absolute Gasteiger partial charge is 0.306 e. The van der Waals surface area contributed by atoms with E-state index < -0.39 is 0 Å². The molecule has 0 N–H and O–H groups in total. The van der Waals surface area contributed by atoms with Crippen molar-refractivity contribution < 1.29 is 19.1 Å². The highest BCUT2D eigenvalue weighted by atomic mass is 16.6. The molecule has 0 radical (unpaired) electrons. The lowest BCUT2D eigenvalue weighted by Crippen LogP contribution is -2.35. The SMILES string of the molecule is CCCCCCCCCCCC(=O)OC(CCCCC)C(CCCCC)OC(=O)CCCCCCCCCCC. The monoisotopic (exact) mass is 567 g/mol. The van der Waals surface area contributed by atoms with E-state index >= 15 is 0 Å². The molecule has 0 aliphatic rings. The van der Waals surface area contributed by atoms with Crippen molar-refractivity contribution in [2.75, 3.05) is 0 Å². The second kappa shape index (κ2) is 30.9. The summed E-state index contributed by atoms with van der Waals surface area (Å²) >= 11 is 0. The highest BCUT2D eigenvalue weighted by Gasteiger charge is 2.28. The zero-order valence-electron chi connectivity index (χ0n) is 27.6. The molecule has 0 fully saturated rings. The van der Waals surface area contributed by atoms with Gasteiger partial charge >= 0.3 is 11.9 Å². The van der Waals surface area contributed by atoms with Crippen LogP contribution in [-0.4, -0.2) is 24.1 Å². The molecule has 2 unspecified atom stereocenters. The van der Waals surface area contributed by atoms with Crippen LogP contribution in [0.4, 0.5) is 0 Å². The number of hydrogen-bond donors (Lipinski definition) is 0. The quantitative estimate of drug-likeness (QED) is 0.0618. The fourth-order valence-electron chi connectivity index (χ4n) is 5.45. The van der Waals surface area contributed by atoms with Crippen LogP contribution in [0.2, 0.25) is 0 Å². The molecule has 4 nitrogen and oxygen atoms in total. The molecule has 0 aromatic rings. The topological polar surface area (TPSA) is 52.6 Å². The van der Waals surface area contributed by atoms with Gasteiger partial charge in [0, 0.05) is 12.8 Å². The molecule has 0 rings (SSSR count). The van der Waals surface area contributed by atoms with Crippen molar-refractivity contribution in [3.8, 4) is 0 Å². The Kier molecular flexibility index (Phi) is 30.1. The summed E-state index contributed by atoms with van der Waals surface area (Å²) in [6.07, 6.45) is 30.6. The summed E-state index contributed by atoms with van der Waals surface area (Å²) in [5, 5.41) is 0. The van der Waals surface area contributed by atoms with Gasteiger partial charge in [-0.1, -0.05) is 156 Å². The third kappa shape index (κ3) is 25.9. The zero-order chi connectivity index (χ0) is 29.5. The Balaban J connectivity index is 4.61. The predicted octanol–water partition coefficient (Wildman–Crippen LogP) is 11.8. The second-order valence-electron chi connectivity index (χ2n) is 12.2. The maximum atomic E-state index is 12.8. The Morgan fingerprint density at radius 2 is 0.625 bits per heavy atom. The van der Waals surface area contributed by atoms with Crippen LogP contribution in [0.15, 0.2) is 0 Å². The van der Waals surface area contributed by atoms with Gasteiger partial charge in [-0.05, 0) is 38.5 Å². The number of esters is 2. The number of hydrogen-bond acceptors (Lipinski definition) is 4. The van der Waals surface area contributed by atoms with Crippen molar-refractivity contribution in [3.05, 3.63) is 0 Å². The molecule has 0 spiro atoms. The van der Waals surface area contributed by atoms with Gasteiger partial charge in [0.25, 0.3) is 0 Å². The van der Waals surface area contributed by atoms with Crippen molar-refractivity contribution in [1.82, 2.24) is 0 Å². The number of unbranched alkanes of at least 4 members (excludes halogenated alkanes) is 20. The average Bonchev–Trinajstić information content (AvgIpc) is 2.94. The van der Waals surface area contributed by atoms with E-state index in [-0.39, 0.29) is 24.1 Å². The first-order valence-electron chi connectivity index (χ1n) is 18.0. The Hall–Kier alpha value is -1.06. The third-order valence-electron chi connectivity index (χ3n) is 8.13. The molecule has 4 heteroatoms. The van der Waals surface area contributed by atoms with E-state index in [1.54, 1.807) is 0 Å². The van der Waals surface area contributed by atoms with Crippen molar-refractivity contribution in [1.29, 1.82) is 0 Å². The molecule has 0 aromatic carbocycles. The molecular formula is C36H70O4. The van der Waals surface area contributed by atoms with E-state index in [0.717, 1.165) is 77.0 Å².